The fourth-order valence-electron chi connectivity index (χ4n) is 4.03. The number of nitrogens with zero attached hydrogens (tertiary/aromatic N) is 4. The molecule has 0 radical (unpaired) electrons. The summed E-state index contributed by atoms with van der Waals surface area (Å²) < 4.78 is 1.76. The third kappa shape index (κ3) is 3.17. The van der Waals surface area contributed by atoms with Gasteiger partial charge >= 0.3 is 0 Å². The van der Waals surface area contributed by atoms with Crippen LogP contribution in [-0.2, 0) is 11.3 Å². The summed E-state index contributed by atoms with van der Waals surface area (Å²) in [4.78, 5) is 32.4. The van der Waals surface area contributed by atoms with E-state index in [0.29, 0.717) is 0 Å². The number of primary amides is 2. The summed E-state index contributed by atoms with van der Waals surface area (Å²) in [7, 11) is 0. The van der Waals surface area contributed by atoms with Gasteiger partial charge in [0.25, 0.3) is 5.91 Å². The van der Waals surface area contributed by atoms with Crippen molar-refractivity contribution in [1.82, 2.24) is 19.7 Å². The van der Waals surface area contributed by atoms with E-state index in [1.807, 2.05) is 19.2 Å². The molecule has 0 unspecified atom stereocenters. The normalized spacial score (nSPS) is 25.0. The predicted molar refractivity (Wildman–Crippen MR) is 103 cm³/mol. The molecule has 0 aromatic carbocycles. The van der Waals surface area contributed by atoms with Crippen molar-refractivity contribution in [2.75, 3.05) is 10.6 Å². The second-order valence-electron chi connectivity index (χ2n) is 7.08. The summed E-state index contributed by atoms with van der Waals surface area (Å²) >= 11 is 0. The van der Waals surface area contributed by atoms with E-state index in [1.165, 1.54) is 6.20 Å². The van der Waals surface area contributed by atoms with Crippen LogP contribution in [0.1, 0.15) is 23.7 Å². The molecule has 28 heavy (non-hydrogen) atoms. The number of nitrogens with one attached hydrogen (secondary N) is 2. The van der Waals surface area contributed by atoms with Gasteiger partial charge in [0.05, 0.1) is 23.4 Å². The Morgan fingerprint density at radius 3 is 2.71 bits per heavy atom. The highest BCUT2D eigenvalue weighted by molar-refractivity contribution is 5.97. The first-order chi connectivity index (χ1) is 13.5. The molecule has 10 nitrogen and oxygen atoms in total. The number of aryl methyl sites for hydroxylation is 1. The minimum Gasteiger partial charge on any atom is -0.369 e. The van der Waals surface area contributed by atoms with Crippen LogP contribution in [0.3, 0.4) is 0 Å². The number of nitrogens with two attached hydrogens (primary N) is 2. The number of rotatable bonds is 7. The molecule has 4 atom stereocenters. The van der Waals surface area contributed by atoms with Crippen molar-refractivity contribution in [3.8, 4) is 0 Å². The van der Waals surface area contributed by atoms with Crippen molar-refractivity contribution in [2.24, 2.45) is 29.2 Å². The molecule has 2 aliphatic rings. The number of hydrogen-bond acceptors (Lipinski definition) is 7. The maximum Gasteiger partial charge on any atom is 0.254 e. The molecule has 146 valence electrons. The minimum absolute atomic E-state index is 0.108. The summed E-state index contributed by atoms with van der Waals surface area (Å²) in [5, 5.41) is 10.5. The number of allylic oxidation sites excluding steroid dienone is 1. The Kier molecular flexibility index (Phi) is 4.46. The van der Waals surface area contributed by atoms with Crippen LogP contribution in [0.5, 0.6) is 0 Å². The van der Waals surface area contributed by atoms with Crippen LogP contribution in [0.4, 0.5) is 17.5 Å². The van der Waals surface area contributed by atoms with Crippen molar-refractivity contribution in [2.45, 2.75) is 25.9 Å². The zero-order chi connectivity index (χ0) is 19.8. The average Bonchev–Trinajstić information content (AvgIpc) is 3.37. The van der Waals surface area contributed by atoms with E-state index in [4.69, 9.17) is 11.5 Å². The van der Waals surface area contributed by atoms with Gasteiger partial charge in [-0.2, -0.15) is 10.1 Å². The second-order valence-corrected chi connectivity index (χ2v) is 7.08. The van der Waals surface area contributed by atoms with Gasteiger partial charge in [0, 0.05) is 25.0 Å². The Balaban J connectivity index is 1.62. The van der Waals surface area contributed by atoms with Crippen LogP contribution in [0.25, 0.3) is 0 Å². The first-order valence-electron chi connectivity index (χ1n) is 9.16. The van der Waals surface area contributed by atoms with Crippen molar-refractivity contribution in [1.29, 1.82) is 0 Å². The van der Waals surface area contributed by atoms with Gasteiger partial charge in [-0.15, -0.1) is 0 Å². The average molecular weight is 382 g/mol. The molecule has 0 saturated heterocycles. The van der Waals surface area contributed by atoms with E-state index in [1.54, 1.807) is 10.9 Å². The van der Waals surface area contributed by atoms with Gasteiger partial charge in [-0.1, -0.05) is 12.2 Å². The number of hydrogen-bond donors (Lipinski definition) is 4. The van der Waals surface area contributed by atoms with Crippen LogP contribution >= 0.6 is 0 Å². The molecule has 6 N–H and O–H groups in total. The summed E-state index contributed by atoms with van der Waals surface area (Å²) in [5.74, 6) is -0.544. The molecule has 1 fully saturated rings. The van der Waals surface area contributed by atoms with Crippen molar-refractivity contribution < 1.29 is 9.59 Å². The molecule has 2 amide bonds. The molecule has 2 aliphatic carbocycles. The predicted octanol–water partition coefficient (Wildman–Crippen LogP) is 0.623. The molecule has 1 saturated carbocycles. The Morgan fingerprint density at radius 1 is 1.25 bits per heavy atom. The molecular formula is C18H22N8O2. The summed E-state index contributed by atoms with van der Waals surface area (Å²) in [5.41, 5.74) is 12.0. The zero-order valence-corrected chi connectivity index (χ0v) is 15.4. The molecular weight excluding hydrogens is 360 g/mol. The van der Waals surface area contributed by atoms with Crippen LogP contribution in [0.15, 0.2) is 30.7 Å². The number of carbonyl (C=O) groups is 2. The lowest BCUT2D eigenvalue weighted by Crippen LogP contribution is -2.41. The van der Waals surface area contributed by atoms with Gasteiger partial charge < -0.3 is 22.1 Å². The fourth-order valence-corrected chi connectivity index (χ4v) is 4.03. The summed E-state index contributed by atoms with van der Waals surface area (Å²) in [6.45, 7) is 2.72. The van der Waals surface area contributed by atoms with E-state index >= 15 is 0 Å². The quantitative estimate of drug-likeness (QED) is 0.512. The van der Waals surface area contributed by atoms with Crippen molar-refractivity contribution >= 4 is 29.3 Å². The lowest BCUT2D eigenvalue weighted by Gasteiger charge is -2.27. The Labute approximate surface area is 161 Å². The molecule has 2 heterocycles. The first-order valence-corrected chi connectivity index (χ1v) is 9.16. The van der Waals surface area contributed by atoms with Crippen LogP contribution < -0.4 is 22.1 Å². The fraction of sp³-hybridized carbons (Fsp3) is 0.389. The minimum atomic E-state index is -0.651. The molecule has 2 aromatic rings. The Hall–Kier alpha value is -3.43. The third-order valence-electron chi connectivity index (χ3n) is 5.36. The van der Waals surface area contributed by atoms with E-state index in [0.717, 1.165) is 18.7 Å². The van der Waals surface area contributed by atoms with E-state index in [9.17, 15) is 9.59 Å². The van der Waals surface area contributed by atoms with Crippen LogP contribution in [0, 0.1) is 17.8 Å². The molecule has 2 bridgehead atoms. The van der Waals surface area contributed by atoms with E-state index < -0.39 is 5.91 Å². The number of carbonyl (C=O) groups excluding carboxylic acids is 2. The van der Waals surface area contributed by atoms with Gasteiger partial charge in [0.15, 0.2) is 0 Å². The van der Waals surface area contributed by atoms with Gasteiger partial charge in [-0.25, -0.2) is 4.98 Å². The van der Waals surface area contributed by atoms with Gasteiger partial charge in [0.1, 0.15) is 5.82 Å². The van der Waals surface area contributed by atoms with Gasteiger partial charge in [-0.05, 0) is 25.2 Å². The maximum atomic E-state index is 12.0. The first kappa shape index (κ1) is 18.0. The third-order valence-corrected chi connectivity index (χ3v) is 5.36. The van der Waals surface area contributed by atoms with Crippen LogP contribution in [-0.4, -0.2) is 37.6 Å². The molecule has 10 heteroatoms. The molecule has 0 aliphatic heterocycles. The Morgan fingerprint density at radius 2 is 2.04 bits per heavy atom. The van der Waals surface area contributed by atoms with Crippen molar-refractivity contribution in [3.05, 3.63) is 36.3 Å². The highest BCUT2D eigenvalue weighted by Crippen LogP contribution is 2.45. The second kappa shape index (κ2) is 6.95. The number of anilines is 3. The smallest absolute Gasteiger partial charge is 0.254 e. The standard InChI is InChI=1S/C18H22N8O2/c1-2-26-8-11(6-22-26)23-18-21-7-12(15(19)27)17(25-18)24-14-10-4-3-9(5-10)13(14)16(20)28/h3-4,6-10,13-14H,2,5H2,1H3,(H2,19,27)(H2,20,28)(H2,21,23,24,25)/t9-,10-,13-,14-/m0/s1. The van der Waals surface area contributed by atoms with E-state index in [-0.39, 0.29) is 47.0 Å². The number of fused-ring (bicyclic) bond motifs is 2. The van der Waals surface area contributed by atoms with Gasteiger partial charge in [0.2, 0.25) is 11.9 Å². The maximum absolute atomic E-state index is 12.0. The molecule has 4 rings (SSSR count). The number of aromatic nitrogens is 4. The summed E-state index contributed by atoms with van der Waals surface area (Å²) in [6.07, 6.45) is 9.81. The largest absolute Gasteiger partial charge is 0.369 e. The van der Waals surface area contributed by atoms with E-state index in [2.05, 4.69) is 31.8 Å². The molecule has 2 aromatic heterocycles. The van der Waals surface area contributed by atoms with Crippen molar-refractivity contribution in [3.63, 3.8) is 0 Å². The van der Waals surface area contributed by atoms with Gasteiger partial charge in [-0.3, -0.25) is 14.3 Å². The lowest BCUT2D eigenvalue weighted by molar-refractivity contribution is -0.122. The molecule has 0 spiro atoms. The topological polar surface area (TPSA) is 154 Å². The lowest BCUT2D eigenvalue weighted by atomic mass is 9.88. The SMILES string of the molecule is CCn1cc(Nc2ncc(C(N)=O)c(N[C@@H]3[C@@H](C(N)=O)[C@H]4C=C[C@H]3C4)n2)cn1. The monoisotopic (exact) mass is 382 g/mol. The highest BCUT2D eigenvalue weighted by atomic mass is 16.1. The van der Waals surface area contributed by atoms with Crippen LogP contribution in [0.2, 0.25) is 0 Å². The zero-order valence-electron chi connectivity index (χ0n) is 15.4. The highest BCUT2D eigenvalue weighted by Gasteiger charge is 2.47. The summed E-state index contributed by atoms with van der Waals surface area (Å²) in [6, 6.07) is -0.240. The number of amides is 2. The Bertz CT molecular complexity index is 953.